The Balaban J connectivity index is 1.90. The fourth-order valence-corrected chi connectivity index (χ4v) is 2.39. The zero-order chi connectivity index (χ0) is 13.7. The van der Waals surface area contributed by atoms with Gasteiger partial charge in [0.1, 0.15) is 0 Å². The molecule has 2 rings (SSSR count). The molecule has 5 nitrogen and oxygen atoms in total. The molecule has 0 spiro atoms. The minimum absolute atomic E-state index is 0.00925. The molecule has 2 amide bonds. The first-order valence-corrected chi connectivity index (χ1v) is 6.51. The molecule has 0 saturated carbocycles. The van der Waals surface area contributed by atoms with Crippen LogP contribution in [0, 0.1) is 0 Å². The van der Waals surface area contributed by atoms with Gasteiger partial charge in [0.15, 0.2) is 0 Å². The maximum Gasteiger partial charge on any atom is 0.238 e. The predicted molar refractivity (Wildman–Crippen MR) is 73.7 cm³/mol. The lowest BCUT2D eigenvalue weighted by Gasteiger charge is -2.22. The second-order valence-electron chi connectivity index (χ2n) is 4.66. The number of likely N-dealkylation sites (tertiary alicyclic amines) is 1. The van der Waals surface area contributed by atoms with E-state index in [9.17, 15) is 9.59 Å². The van der Waals surface area contributed by atoms with Gasteiger partial charge in [-0.15, -0.1) is 0 Å². The molecule has 102 valence electrons. The number of likely N-dealkylation sites (N-methyl/N-ethyl adjacent to an activating group) is 1. The molecule has 0 radical (unpaired) electrons. The molecular weight excluding hydrogens is 242 g/mol. The van der Waals surface area contributed by atoms with E-state index in [1.165, 1.54) is 0 Å². The van der Waals surface area contributed by atoms with E-state index in [-0.39, 0.29) is 24.4 Å². The third-order valence-electron chi connectivity index (χ3n) is 3.32. The maximum absolute atomic E-state index is 11.9. The molecule has 0 aromatic heterocycles. The largest absolute Gasteiger partial charge is 0.358 e. The van der Waals surface area contributed by atoms with Crippen LogP contribution in [0.5, 0.6) is 0 Å². The summed E-state index contributed by atoms with van der Waals surface area (Å²) in [7, 11) is 1.63. The molecule has 1 heterocycles. The molecule has 1 atom stereocenters. The highest BCUT2D eigenvalue weighted by Gasteiger charge is 2.31. The Morgan fingerprint density at radius 2 is 2.05 bits per heavy atom. The second kappa shape index (κ2) is 6.33. The van der Waals surface area contributed by atoms with Gasteiger partial charge in [0.25, 0.3) is 0 Å². The third-order valence-corrected chi connectivity index (χ3v) is 3.32. The number of para-hydroxylation sites is 1. The van der Waals surface area contributed by atoms with Gasteiger partial charge in [0.05, 0.1) is 12.6 Å². The summed E-state index contributed by atoms with van der Waals surface area (Å²) < 4.78 is 0. The van der Waals surface area contributed by atoms with Crippen molar-refractivity contribution in [2.45, 2.75) is 18.9 Å². The number of nitrogens with zero attached hydrogens (tertiary/aromatic N) is 1. The summed E-state index contributed by atoms with van der Waals surface area (Å²) in [6.45, 7) is 1.05. The van der Waals surface area contributed by atoms with Gasteiger partial charge in [-0.2, -0.15) is 0 Å². The van der Waals surface area contributed by atoms with Crippen molar-refractivity contribution in [2.24, 2.45) is 0 Å². The average Bonchev–Trinajstić information content (AvgIpc) is 2.87. The number of carbonyl (C=O) groups is 2. The summed E-state index contributed by atoms with van der Waals surface area (Å²) in [5, 5.41) is 5.48. The monoisotopic (exact) mass is 261 g/mol. The number of anilines is 1. The molecule has 1 fully saturated rings. The van der Waals surface area contributed by atoms with Crippen LogP contribution in [0.2, 0.25) is 0 Å². The van der Waals surface area contributed by atoms with Crippen LogP contribution in [0.4, 0.5) is 5.69 Å². The van der Waals surface area contributed by atoms with Crippen molar-refractivity contribution in [3.05, 3.63) is 30.3 Å². The molecule has 0 bridgehead atoms. The minimum atomic E-state index is -0.175. The van der Waals surface area contributed by atoms with E-state index in [0.29, 0.717) is 0 Å². The highest BCUT2D eigenvalue weighted by atomic mass is 16.2. The number of benzene rings is 1. The quantitative estimate of drug-likeness (QED) is 0.844. The molecule has 1 saturated heterocycles. The van der Waals surface area contributed by atoms with Gasteiger partial charge in [0.2, 0.25) is 11.8 Å². The highest BCUT2D eigenvalue weighted by Crippen LogP contribution is 2.17. The summed E-state index contributed by atoms with van der Waals surface area (Å²) in [4.78, 5) is 25.5. The number of nitrogens with one attached hydrogen (secondary N) is 2. The smallest absolute Gasteiger partial charge is 0.238 e. The maximum atomic E-state index is 11.9. The van der Waals surface area contributed by atoms with E-state index < -0.39 is 0 Å². The number of carbonyl (C=O) groups excluding carboxylic acids is 2. The average molecular weight is 261 g/mol. The summed E-state index contributed by atoms with van der Waals surface area (Å²) in [6, 6.07) is 9.16. The lowest BCUT2D eigenvalue weighted by molar-refractivity contribution is -0.126. The summed E-state index contributed by atoms with van der Waals surface area (Å²) in [5.41, 5.74) is 0.781. The molecule has 5 heteroatoms. The molecule has 1 aliphatic rings. The summed E-state index contributed by atoms with van der Waals surface area (Å²) in [5.74, 6) is -0.0907. The van der Waals surface area contributed by atoms with Gasteiger partial charge < -0.3 is 10.6 Å². The Morgan fingerprint density at radius 3 is 2.74 bits per heavy atom. The number of hydrogen-bond donors (Lipinski definition) is 2. The lowest BCUT2D eigenvalue weighted by Crippen LogP contribution is -2.45. The van der Waals surface area contributed by atoms with E-state index in [0.717, 1.165) is 25.1 Å². The minimum Gasteiger partial charge on any atom is -0.358 e. The Bertz CT molecular complexity index is 447. The SMILES string of the molecule is CNC(=O)C1CCCN1CC(=O)Nc1ccccc1. The van der Waals surface area contributed by atoms with Crippen molar-refractivity contribution in [2.75, 3.05) is 25.5 Å². The molecule has 1 aromatic rings. The van der Waals surface area contributed by atoms with Gasteiger partial charge in [-0.25, -0.2) is 0 Å². The van der Waals surface area contributed by atoms with Crippen LogP contribution in [-0.4, -0.2) is 42.9 Å². The van der Waals surface area contributed by atoms with E-state index in [1.807, 2.05) is 35.2 Å². The van der Waals surface area contributed by atoms with Gasteiger partial charge in [-0.1, -0.05) is 18.2 Å². The molecule has 19 heavy (non-hydrogen) atoms. The van der Waals surface area contributed by atoms with Crippen molar-refractivity contribution >= 4 is 17.5 Å². The Hall–Kier alpha value is -1.88. The van der Waals surface area contributed by atoms with Crippen LogP contribution in [-0.2, 0) is 9.59 Å². The van der Waals surface area contributed by atoms with E-state index in [4.69, 9.17) is 0 Å². The first kappa shape index (κ1) is 13.5. The molecule has 1 aliphatic heterocycles. The number of hydrogen-bond acceptors (Lipinski definition) is 3. The van der Waals surface area contributed by atoms with Crippen LogP contribution < -0.4 is 10.6 Å². The summed E-state index contributed by atoms with van der Waals surface area (Å²) >= 11 is 0. The number of rotatable bonds is 4. The van der Waals surface area contributed by atoms with Crippen LogP contribution in [0.15, 0.2) is 30.3 Å². The Kier molecular flexibility index (Phi) is 4.52. The van der Waals surface area contributed by atoms with Crippen molar-refractivity contribution in [1.29, 1.82) is 0 Å². The second-order valence-corrected chi connectivity index (χ2v) is 4.66. The standard InChI is InChI=1S/C14H19N3O2/c1-15-14(19)12-8-5-9-17(12)10-13(18)16-11-6-3-2-4-7-11/h2-4,6-7,12H,5,8-10H2,1H3,(H,15,19)(H,16,18). The van der Waals surface area contributed by atoms with Gasteiger partial charge >= 0.3 is 0 Å². The summed E-state index contributed by atoms with van der Waals surface area (Å²) in [6.07, 6.45) is 1.77. The van der Waals surface area contributed by atoms with Gasteiger partial charge in [-0.05, 0) is 31.5 Å². The zero-order valence-corrected chi connectivity index (χ0v) is 11.1. The molecule has 0 aliphatic carbocycles. The van der Waals surface area contributed by atoms with Crippen molar-refractivity contribution in [3.8, 4) is 0 Å². The molecular formula is C14H19N3O2. The lowest BCUT2D eigenvalue weighted by atomic mass is 10.2. The van der Waals surface area contributed by atoms with Crippen LogP contribution in [0.3, 0.4) is 0 Å². The van der Waals surface area contributed by atoms with Crippen molar-refractivity contribution in [3.63, 3.8) is 0 Å². The first-order chi connectivity index (χ1) is 9.20. The van der Waals surface area contributed by atoms with Crippen molar-refractivity contribution < 1.29 is 9.59 Å². The topological polar surface area (TPSA) is 61.4 Å². The Labute approximate surface area is 113 Å². The van der Waals surface area contributed by atoms with Crippen molar-refractivity contribution in [1.82, 2.24) is 10.2 Å². The Morgan fingerprint density at radius 1 is 1.32 bits per heavy atom. The van der Waals surface area contributed by atoms with E-state index in [2.05, 4.69) is 10.6 Å². The number of amides is 2. The van der Waals surface area contributed by atoms with Crippen LogP contribution in [0.1, 0.15) is 12.8 Å². The fraction of sp³-hybridized carbons (Fsp3) is 0.429. The van der Waals surface area contributed by atoms with Gasteiger partial charge in [-0.3, -0.25) is 14.5 Å². The zero-order valence-electron chi connectivity index (χ0n) is 11.1. The highest BCUT2D eigenvalue weighted by molar-refractivity contribution is 5.92. The van der Waals surface area contributed by atoms with E-state index >= 15 is 0 Å². The fourth-order valence-electron chi connectivity index (χ4n) is 2.39. The molecule has 2 N–H and O–H groups in total. The normalized spacial score (nSPS) is 19.1. The first-order valence-electron chi connectivity index (χ1n) is 6.51. The predicted octanol–water partition coefficient (Wildman–Crippen LogP) is 0.835. The van der Waals surface area contributed by atoms with E-state index in [1.54, 1.807) is 7.05 Å². The van der Waals surface area contributed by atoms with Crippen LogP contribution in [0.25, 0.3) is 0 Å². The molecule has 1 aromatic carbocycles. The molecule has 1 unspecified atom stereocenters. The van der Waals surface area contributed by atoms with Crippen LogP contribution >= 0.6 is 0 Å². The third kappa shape index (κ3) is 3.54. The van der Waals surface area contributed by atoms with Gasteiger partial charge in [0, 0.05) is 12.7 Å².